The Hall–Kier alpha value is 1.80. The van der Waals surface area contributed by atoms with Gasteiger partial charge in [-0.25, -0.2) is 0 Å². The number of thiophene rings is 1. The lowest BCUT2D eigenvalue weighted by Gasteiger charge is -2.19. The lowest BCUT2D eigenvalue weighted by Crippen LogP contribution is -2.10. The fourth-order valence-corrected chi connectivity index (χ4v) is 11.3. The maximum atomic E-state index is 2.39. The summed E-state index contributed by atoms with van der Waals surface area (Å²) < 4.78 is 0. The summed E-state index contributed by atoms with van der Waals surface area (Å²) in [6, 6.07) is 0. The molecule has 0 aromatic carbocycles. The summed E-state index contributed by atoms with van der Waals surface area (Å²) in [6.07, 6.45) is 0. The molecule has 1 aromatic heterocycles. The van der Waals surface area contributed by atoms with E-state index in [1.807, 2.05) is 0 Å². The van der Waals surface area contributed by atoms with Crippen molar-refractivity contribution in [3.05, 3.63) is 9.75 Å². The van der Waals surface area contributed by atoms with Crippen LogP contribution in [0.4, 0.5) is 0 Å². The summed E-state index contributed by atoms with van der Waals surface area (Å²) in [5.41, 5.74) is 0.422. The molecule has 1 aromatic rings. The first-order chi connectivity index (χ1) is 14.6. The van der Waals surface area contributed by atoms with Crippen molar-refractivity contribution in [2.75, 3.05) is 57.5 Å². The minimum absolute atomic E-state index is 0.211. The van der Waals surface area contributed by atoms with Crippen LogP contribution in [0.1, 0.15) is 65.1 Å². The van der Waals surface area contributed by atoms with Crippen LogP contribution in [0.5, 0.6) is 0 Å². The molecule has 0 amide bonds. The van der Waals surface area contributed by atoms with E-state index in [9.17, 15) is 0 Å². The Labute approximate surface area is 223 Å². The van der Waals surface area contributed by atoms with Gasteiger partial charge in [0.1, 0.15) is 0 Å². The number of hydrogen-bond acceptors (Lipinski definition) is 7. The zero-order valence-corrected chi connectivity index (χ0v) is 26.6. The highest BCUT2D eigenvalue weighted by molar-refractivity contribution is 8.06. The predicted octanol–water partition coefficient (Wildman–Crippen LogP) is 9.50. The molecule has 0 saturated heterocycles. The van der Waals surface area contributed by atoms with Crippen LogP contribution in [-0.2, 0) is 10.8 Å². The Morgan fingerprint density at radius 2 is 0.839 bits per heavy atom. The minimum Gasteiger partial charge on any atom is -0.161 e. The van der Waals surface area contributed by atoms with Gasteiger partial charge >= 0.3 is 0 Å². The molecule has 1 rings (SSSR count). The minimum atomic E-state index is 0.211. The average Bonchev–Trinajstić information content (AvgIpc) is 3.06. The molecule has 0 saturated carbocycles. The van der Waals surface area contributed by atoms with Gasteiger partial charge in [-0.1, -0.05) is 55.4 Å². The van der Waals surface area contributed by atoms with E-state index >= 15 is 0 Å². The summed E-state index contributed by atoms with van der Waals surface area (Å²) in [7, 11) is 0. The van der Waals surface area contributed by atoms with Crippen LogP contribution < -0.4 is 0 Å². The Morgan fingerprint density at radius 1 is 0.516 bits per heavy atom. The maximum Gasteiger partial charge on any atom is 0.0356 e. The van der Waals surface area contributed by atoms with E-state index in [2.05, 4.69) is 137 Å². The van der Waals surface area contributed by atoms with Gasteiger partial charge < -0.3 is 0 Å². The highest BCUT2D eigenvalue weighted by Crippen LogP contribution is 2.50. The first-order valence-corrected chi connectivity index (χ1v) is 18.8. The maximum absolute atomic E-state index is 2.39. The second-order valence-electron chi connectivity index (χ2n) is 9.23. The van der Waals surface area contributed by atoms with E-state index in [-0.39, 0.29) is 10.8 Å². The highest BCUT2D eigenvalue weighted by atomic mass is 32.2. The quantitative estimate of drug-likeness (QED) is 0.146. The van der Waals surface area contributed by atoms with Crippen LogP contribution in [-0.4, -0.2) is 57.5 Å². The van der Waals surface area contributed by atoms with Crippen molar-refractivity contribution in [3.8, 4) is 0 Å². The predicted molar refractivity (Wildman–Crippen MR) is 164 cm³/mol. The number of hydrogen-bond donors (Lipinski definition) is 0. The van der Waals surface area contributed by atoms with Gasteiger partial charge in [-0.2, -0.15) is 47.0 Å². The molecule has 0 aliphatic heterocycles. The summed E-state index contributed by atoms with van der Waals surface area (Å²) in [4.78, 5) is 6.40. The van der Waals surface area contributed by atoms with Crippen molar-refractivity contribution in [3.63, 3.8) is 0 Å². The Morgan fingerprint density at radius 3 is 1.16 bits per heavy atom. The molecule has 0 atom stereocenters. The van der Waals surface area contributed by atoms with Crippen LogP contribution in [0.2, 0.25) is 0 Å². The third-order valence-corrected chi connectivity index (χ3v) is 13.7. The van der Waals surface area contributed by atoms with Gasteiger partial charge in [-0.05, 0) is 22.3 Å². The van der Waals surface area contributed by atoms with E-state index in [1.54, 1.807) is 19.5 Å². The van der Waals surface area contributed by atoms with Gasteiger partial charge in [-0.15, -0.1) is 34.9 Å². The van der Waals surface area contributed by atoms with Crippen molar-refractivity contribution in [2.45, 2.75) is 76.0 Å². The molecule has 182 valence electrons. The molecule has 0 unspecified atom stereocenters. The molecule has 0 nitrogen and oxygen atoms in total. The summed E-state index contributed by atoms with van der Waals surface area (Å²) in [5, 5.41) is 0. The van der Waals surface area contributed by atoms with Gasteiger partial charge in [0.15, 0.2) is 0 Å². The fourth-order valence-electron chi connectivity index (χ4n) is 2.78. The normalized spacial score (nSPS) is 12.6. The third-order valence-electron chi connectivity index (χ3n) is 4.29. The average molecular weight is 557 g/mol. The molecule has 31 heavy (non-hydrogen) atoms. The van der Waals surface area contributed by atoms with E-state index in [1.165, 1.54) is 57.5 Å². The van der Waals surface area contributed by atoms with E-state index in [0.29, 0.717) is 0 Å². The lowest BCUT2D eigenvalue weighted by atomic mass is 9.93. The SMILES string of the molecule is CCSCCSCCSc1c(C(C)(C)C)sc(C(C)(C)C)c1SCCSCCSCC. The van der Waals surface area contributed by atoms with Crippen molar-refractivity contribution < 1.29 is 0 Å². The molecule has 1 heterocycles. The largest absolute Gasteiger partial charge is 0.161 e. The van der Waals surface area contributed by atoms with Crippen LogP contribution in [0.25, 0.3) is 0 Å². The zero-order chi connectivity index (χ0) is 23.3. The van der Waals surface area contributed by atoms with Gasteiger partial charge in [0.2, 0.25) is 0 Å². The topological polar surface area (TPSA) is 0 Å². The van der Waals surface area contributed by atoms with Gasteiger partial charge in [0.25, 0.3) is 0 Å². The second kappa shape index (κ2) is 16.5. The van der Waals surface area contributed by atoms with Gasteiger partial charge in [-0.3, -0.25) is 0 Å². The number of thioether (sulfide) groups is 6. The van der Waals surface area contributed by atoms with Crippen molar-refractivity contribution in [1.29, 1.82) is 0 Å². The highest BCUT2D eigenvalue weighted by Gasteiger charge is 2.31. The van der Waals surface area contributed by atoms with Crippen LogP contribution in [0.15, 0.2) is 9.79 Å². The van der Waals surface area contributed by atoms with E-state index in [0.717, 1.165) is 0 Å². The molecule has 0 fully saturated rings. The first-order valence-electron chi connectivity index (χ1n) is 11.4. The molecule has 0 radical (unpaired) electrons. The van der Waals surface area contributed by atoms with Crippen LogP contribution in [0.3, 0.4) is 0 Å². The Bertz CT molecular complexity index is 546. The molecule has 0 aliphatic rings. The summed E-state index contributed by atoms with van der Waals surface area (Å²) >= 11 is 14.7. The Kier molecular flexibility index (Phi) is 16.4. The molecular formula is C24H44S7. The zero-order valence-electron chi connectivity index (χ0n) is 20.9. The molecule has 7 heteroatoms. The van der Waals surface area contributed by atoms with Crippen molar-refractivity contribution in [1.82, 2.24) is 0 Å². The molecule has 0 bridgehead atoms. The first kappa shape index (κ1) is 30.8. The number of rotatable bonds is 16. The van der Waals surface area contributed by atoms with Crippen LogP contribution >= 0.6 is 81.9 Å². The Balaban J connectivity index is 2.85. The molecule has 0 spiro atoms. The van der Waals surface area contributed by atoms with Crippen molar-refractivity contribution in [2.24, 2.45) is 0 Å². The lowest BCUT2D eigenvalue weighted by molar-refractivity contribution is 0.585. The van der Waals surface area contributed by atoms with E-state index < -0.39 is 0 Å². The third kappa shape index (κ3) is 12.4. The summed E-state index contributed by atoms with van der Waals surface area (Å²) in [6.45, 7) is 18.9. The smallest absolute Gasteiger partial charge is 0.0356 e. The fraction of sp³-hybridized carbons (Fsp3) is 0.833. The molecular weight excluding hydrogens is 513 g/mol. The summed E-state index contributed by atoms with van der Waals surface area (Å²) in [5.74, 6) is 12.6. The molecule has 0 N–H and O–H groups in total. The molecule has 0 aliphatic carbocycles. The van der Waals surface area contributed by atoms with Gasteiger partial charge in [0.05, 0.1) is 0 Å². The standard InChI is InChI=1S/C24H44S7/c1-9-25-11-13-27-15-17-29-19-20(30-18-16-28-14-12-26-10-2)22(24(6,7)8)31-21(19)23(3,4)5/h9-18H2,1-8H3. The second-order valence-corrected chi connectivity index (χ2v) is 17.7. The van der Waals surface area contributed by atoms with Gasteiger partial charge in [0, 0.05) is 65.6 Å². The van der Waals surface area contributed by atoms with E-state index in [4.69, 9.17) is 0 Å². The monoisotopic (exact) mass is 556 g/mol. The van der Waals surface area contributed by atoms with Crippen LogP contribution in [0, 0.1) is 0 Å². The van der Waals surface area contributed by atoms with Crippen molar-refractivity contribution >= 4 is 81.9 Å².